The Labute approximate surface area is 122 Å². The smallest absolute Gasteiger partial charge is 0.136 e. The number of hydrogen-bond donors (Lipinski definition) is 2. The summed E-state index contributed by atoms with van der Waals surface area (Å²) in [6.45, 7) is 6.03. The number of imidazole rings is 1. The van der Waals surface area contributed by atoms with Crippen LogP contribution >= 0.6 is 11.8 Å². The van der Waals surface area contributed by atoms with Gasteiger partial charge in [0.2, 0.25) is 0 Å². The van der Waals surface area contributed by atoms with Crippen molar-refractivity contribution in [3.8, 4) is 0 Å². The van der Waals surface area contributed by atoms with E-state index in [1.54, 1.807) is 6.07 Å². The quantitative estimate of drug-likeness (QED) is 0.866. The SMILES string of the molecule is CCC(O)c1nc(Sc2cccc(F)c2)c(C(C)C)[nH]1. The number of rotatable bonds is 5. The van der Waals surface area contributed by atoms with Gasteiger partial charge in [0.15, 0.2) is 0 Å². The minimum absolute atomic E-state index is 0.259. The van der Waals surface area contributed by atoms with Crippen LogP contribution in [0.3, 0.4) is 0 Å². The zero-order valence-electron chi connectivity index (χ0n) is 11.9. The van der Waals surface area contributed by atoms with Gasteiger partial charge in [-0.05, 0) is 30.5 Å². The number of aromatic nitrogens is 2. The third-order valence-electron chi connectivity index (χ3n) is 3.01. The molecular weight excluding hydrogens is 275 g/mol. The molecule has 0 amide bonds. The van der Waals surface area contributed by atoms with Crippen LogP contribution in [0.15, 0.2) is 34.2 Å². The standard InChI is InChI=1S/C15H19FN2OS/c1-4-12(19)14-17-13(9(2)3)15(18-14)20-11-7-5-6-10(16)8-11/h5-9,12,19H,4H2,1-3H3,(H,17,18). The van der Waals surface area contributed by atoms with Crippen LogP contribution in [0, 0.1) is 5.82 Å². The van der Waals surface area contributed by atoms with Gasteiger partial charge < -0.3 is 10.1 Å². The lowest BCUT2D eigenvalue weighted by Gasteiger charge is -2.05. The summed E-state index contributed by atoms with van der Waals surface area (Å²) in [4.78, 5) is 8.45. The predicted octanol–water partition coefficient (Wildman–Crippen LogP) is 4.27. The number of hydrogen-bond acceptors (Lipinski definition) is 3. The largest absolute Gasteiger partial charge is 0.385 e. The second-order valence-electron chi connectivity index (χ2n) is 4.98. The average Bonchev–Trinajstić information content (AvgIpc) is 2.82. The summed E-state index contributed by atoms with van der Waals surface area (Å²) in [6.07, 6.45) is 0.0177. The minimum atomic E-state index is -0.589. The van der Waals surface area contributed by atoms with E-state index in [0.29, 0.717) is 12.2 Å². The van der Waals surface area contributed by atoms with Crippen molar-refractivity contribution in [3.05, 3.63) is 41.6 Å². The molecule has 0 aliphatic heterocycles. The van der Waals surface area contributed by atoms with E-state index in [1.807, 2.05) is 13.0 Å². The van der Waals surface area contributed by atoms with Crippen LogP contribution in [-0.2, 0) is 0 Å². The number of nitrogens with zero attached hydrogens (tertiary/aromatic N) is 1. The summed E-state index contributed by atoms with van der Waals surface area (Å²) in [5.74, 6) is 0.580. The van der Waals surface area contributed by atoms with Crippen molar-refractivity contribution in [2.24, 2.45) is 0 Å². The summed E-state index contributed by atoms with van der Waals surface area (Å²) in [7, 11) is 0. The Morgan fingerprint density at radius 3 is 2.75 bits per heavy atom. The molecule has 2 aromatic rings. The molecule has 1 aromatic heterocycles. The molecular formula is C15H19FN2OS. The minimum Gasteiger partial charge on any atom is -0.385 e. The van der Waals surface area contributed by atoms with Gasteiger partial charge in [-0.25, -0.2) is 9.37 Å². The number of halogens is 1. The Bertz CT molecular complexity index is 583. The van der Waals surface area contributed by atoms with Gasteiger partial charge >= 0.3 is 0 Å². The van der Waals surface area contributed by atoms with E-state index in [-0.39, 0.29) is 11.7 Å². The lowest BCUT2D eigenvalue weighted by atomic mass is 10.1. The molecule has 2 N–H and O–H groups in total. The molecule has 0 spiro atoms. The molecule has 0 saturated carbocycles. The highest BCUT2D eigenvalue weighted by Gasteiger charge is 2.18. The van der Waals surface area contributed by atoms with E-state index < -0.39 is 6.10 Å². The van der Waals surface area contributed by atoms with Crippen molar-refractivity contribution < 1.29 is 9.50 Å². The molecule has 0 radical (unpaired) electrons. The first kappa shape index (κ1) is 15.1. The first-order chi connectivity index (χ1) is 9.51. The second kappa shape index (κ2) is 6.41. The fraction of sp³-hybridized carbons (Fsp3) is 0.400. The number of benzene rings is 1. The fourth-order valence-electron chi connectivity index (χ4n) is 1.85. The Morgan fingerprint density at radius 1 is 1.40 bits per heavy atom. The average molecular weight is 294 g/mol. The normalized spacial score (nSPS) is 12.9. The van der Waals surface area contributed by atoms with Crippen LogP contribution < -0.4 is 0 Å². The van der Waals surface area contributed by atoms with Gasteiger partial charge in [0.05, 0.1) is 5.69 Å². The van der Waals surface area contributed by atoms with Crippen molar-refractivity contribution in [1.29, 1.82) is 0 Å². The van der Waals surface area contributed by atoms with Crippen LogP contribution in [-0.4, -0.2) is 15.1 Å². The lowest BCUT2D eigenvalue weighted by Crippen LogP contribution is -1.98. The van der Waals surface area contributed by atoms with Gasteiger partial charge in [-0.15, -0.1) is 0 Å². The number of aliphatic hydroxyl groups excluding tert-OH is 1. The molecule has 1 heterocycles. The van der Waals surface area contributed by atoms with E-state index in [0.717, 1.165) is 15.6 Å². The molecule has 0 saturated heterocycles. The molecule has 108 valence electrons. The van der Waals surface area contributed by atoms with Crippen LogP contribution in [0.2, 0.25) is 0 Å². The second-order valence-corrected chi connectivity index (χ2v) is 6.04. The Morgan fingerprint density at radius 2 is 2.15 bits per heavy atom. The van der Waals surface area contributed by atoms with Crippen LogP contribution in [0.25, 0.3) is 0 Å². The number of aromatic amines is 1. The molecule has 20 heavy (non-hydrogen) atoms. The summed E-state index contributed by atoms with van der Waals surface area (Å²) in [5, 5.41) is 10.7. The highest BCUT2D eigenvalue weighted by molar-refractivity contribution is 7.99. The van der Waals surface area contributed by atoms with E-state index in [9.17, 15) is 9.50 Å². The van der Waals surface area contributed by atoms with Crippen molar-refractivity contribution in [3.63, 3.8) is 0 Å². The van der Waals surface area contributed by atoms with Crippen molar-refractivity contribution in [1.82, 2.24) is 9.97 Å². The summed E-state index contributed by atoms with van der Waals surface area (Å²) < 4.78 is 13.2. The van der Waals surface area contributed by atoms with Crippen molar-refractivity contribution in [2.75, 3.05) is 0 Å². The first-order valence-corrected chi connectivity index (χ1v) is 7.54. The summed E-state index contributed by atoms with van der Waals surface area (Å²) in [6, 6.07) is 6.44. The van der Waals surface area contributed by atoms with Crippen LogP contribution in [0.5, 0.6) is 0 Å². The number of aliphatic hydroxyl groups is 1. The van der Waals surface area contributed by atoms with E-state index in [4.69, 9.17) is 0 Å². The van der Waals surface area contributed by atoms with Gasteiger partial charge in [0.25, 0.3) is 0 Å². The zero-order chi connectivity index (χ0) is 14.7. The van der Waals surface area contributed by atoms with Crippen LogP contribution in [0.4, 0.5) is 4.39 Å². The zero-order valence-corrected chi connectivity index (χ0v) is 12.7. The molecule has 1 unspecified atom stereocenters. The maximum absolute atomic E-state index is 13.2. The lowest BCUT2D eigenvalue weighted by molar-refractivity contribution is 0.164. The molecule has 5 heteroatoms. The van der Waals surface area contributed by atoms with E-state index in [2.05, 4.69) is 23.8 Å². The van der Waals surface area contributed by atoms with Gasteiger partial charge in [0.1, 0.15) is 22.8 Å². The number of nitrogens with one attached hydrogen (secondary N) is 1. The maximum Gasteiger partial charge on any atom is 0.136 e. The highest BCUT2D eigenvalue weighted by Crippen LogP contribution is 2.33. The topological polar surface area (TPSA) is 48.9 Å². The molecule has 0 aliphatic carbocycles. The Kier molecular flexibility index (Phi) is 4.83. The van der Waals surface area contributed by atoms with E-state index in [1.165, 1.54) is 23.9 Å². The van der Waals surface area contributed by atoms with E-state index >= 15 is 0 Å². The van der Waals surface area contributed by atoms with Crippen molar-refractivity contribution >= 4 is 11.8 Å². The molecule has 0 aliphatic rings. The molecule has 2 rings (SSSR count). The first-order valence-electron chi connectivity index (χ1n) is 6.72. The van der Waals surface area contributed by atoms with Gasteiger partial charge in [-0.3, -0.25) is 0 Å². The fourth-order valence-corrected chi connectivity index (χ4v) is 2.93. The molecule has 1 atom stereocenters. The maximum atomic E-state index is 13.2. The highest BCUT2D eigenvalue weighted by atomic mass is 32.2. The molecule has 1 aromatic carbocycles. The summed E-state index contributed by atoms with van der Waals surface area (Å²) >= 11 is 1.41. The van der Waals surface area contributed by atoms with Gasteiger partial charge in [-0.2, -0.15) is 0 Å². The third kappa shape index (κ3) is 3.41. The summed E-state index contributed by atoms with van der Waals surface area (Å²) in [5.41, 5.74) is 0.974. The third-order valence-corrected chi connectivity index (χ3v) is 4.00. The Balaban J connectivity index is 2.32. The number of H-pyrrole nitrogens is 1. The molecule has 0 fully saturated rings. The predicted molar refractivity (Wildman–Crippen MR) is 78.5 cm³/mol. The van der Waals surface area contributed by atoms with Crippen molar-refractivity contribution in [2.45, 2.75) is 49.1 Å². The monoisotopic (exact) mass is 294 g/mol. The van der Waals surface area contributed by atoms with Gasteiger partial charge in [0, 0.05) is 4.90 Å². The molecule has 0 bridgehead atoms. The molecule has 3 nitrogen and oxygen atoms in total. The van der Waals surface area contributed by atoms with Gasteiger partial charge in [-0.1, -0.05) is 38.6 Å². The Hall–Kier alpha value is -1.33. The van der Waals surface area contributed by atoms with Crippen LogP contribution in [0.1, 0.15) is 50.7 Å².